The molecule has 0 aliphatic carbocycles. The lowest BCUT2D eigenvalue weighted by Crippen LogP contribution is -2.02. The fraction of sp³-hybridized carbons (Fsp3) is 0.500. The van der Waals surface area contributed by atoms with Gasteiger partial charge in [0.15, 0.2) is 0 Å². The van der Waals surface area contributed by atoms with Gasteiger partial charge in [0.1, 0.15) is 5.75 Å². The fourth-order valence-corrected chi connectivity index (χ4v) is 1.44. The largest absolute Gasteiger partial charge is 0.496 e. The number of hydrogen-bond donors (Lipinski definition) is 0. The molecule has 0 bridgehead atoms. The molecule has 0 aliphatic rings. The van der Waals surface area contributed by atoms with E-state index in [0.29, 0.717) is 12.8 Å². The molecule has 96 valence electrons. The van der Waals surface area contributed by atoms with Crippen LogP contribution < -0.4 is 4.74 Å². The Bertz CT molecular complexity index is 345. The molecule has 0 aliphatic heterocycles. The van der Waals surface area contributed by atoms with Crippen LogP contribution in [0.4, 0.5) is 0 Å². The van der Waals surface area contributed by atoms with E-state index in [0.717, 1.165) is 16.9 Å². The summed E-state index contributed by atoms with van der Waals surface area (Å²) in [6, 6.07) is 5.92. The van der Waals surface area contributed by atoms with Crippen LogP contribution in [0.3, 0.4) is 0 Å². The molecule has 0 radical (unpaired) electrons. The van der Waals surface area contributed by atoms with Gasteiger partial charge < -0.3 is 9.47 Å². The molecule has 0 aromatic heterocycles. The van der Waals surface area contributed by atoms with Gasteiger partial charge in [-0.15, -0.1) is 0 Å². The summed E-state index contributed by atoms with van der Waals surface area (Å²) in [5.74, 6) is 0.695. The zero-order chi connectivity index (χ0) is 13.3. The smallest absolute Gasteiger partial charge is 0.305 e. The molecule has 0 N–H and O–H groups in total. The maximum absolute atomic E-state index is 10.9. The second-order valence-corrected chi connectivity index (χ2v) is 3.38. The summed E-state index contributed by atoms with van der Waals surface area (Å²) >= 11 is 0. The van der Waals surface area contributed by atoms with Crippen LogP contribution in [0.25, 0.3) is 0 Å². The van der Waals surface area contributed by atoms with Crippen LogP contribution in [0.1, 0.15) is 31.4 Å². The molecule has 17 heavy (non-hydrogen) atoms. The average Bonchev–Trinajstić information content (AvgIpc) is 2.38. The van der Waals surface area contributed by atoms with Crippen molar-refractivity contribution in [2.75, 3.05) is 14.2 Å². The predicted octanol–water partition coefficient (Wildman–Crippen LogP) is 3.14. The fourth-order valence-electron chi connectivity index (χ4n) is 1.44. The molecule has 1 aromatic carbocycles. The molecule has 0 unspecified atom stereocenters. The average molecular weight is 238 g/mol. The Morgan fingerprint density at radius 1 is 1.24 bits per heavy atom. The molecule has 0 atom stereocenters. The van der Waals surface area contributed by atoms with E-state index >= 15 is 0 Å². The lowest BCUT2D eigenvalue weighted by molar-refractivity contribution is -0.140. The predicted molar refractivity (Wildman–Crippen MR) is 69.4 cm³/mol. The molecule has 0 saturated heterocycles. The molecule has 1 aromatic rings. The highest BCUT2D eigenvalue weighted by atomic mass is 16.5. The first kappa shape index (κ1) is 15.5. The normalized spacial score (nSPS) is 9.00. The van der Waals surface area contributed by atoms with Crippen LogP contribution in [-0.4, -0.2) is 20.2 Å². The van der Waals surface area contributed by atoms with Gasteiger partial charge in [0.2, 0.25) is 0 Å². The van der Waals surface area contributed by atoms with E-state index in [-0.39, 0.29) is 5.97 Å². The van der Waals surface area contributed by atoms with Gasteiger partial charge in [0.05, 0.1) is 14.2 Å². The Hall–Kier alpha value is -1.51. The SMILES string of the molecule is CC.COC(=O)CCc1ccc(OC)c(C)c1. The number of hydrogen-bond acceptors (Lipinski definition) is 3. The van der Waals surface area contributed by atoms with Gasteiger partial charge in [0.25, 0.3) is 0 Å². The first-order chi connectivity index (χ1) is 8.17. The first-order valence-electron chi connectivity index (χ1n) is 5.87. The molecular weight excluding hydrogens is 216 g/mol. The molecule has 1 rings (SSSR count). The van der Waals surface area contributed by atoms with Crippen LogP contribution in [0.2, 0.25) is 0 Å². The van der Waals surface area contributed by atoms with Crippen molar-refractivity contribution in [3.05, 3.63) is 29.3 Å². The second kappa shape index (κ2) is 8.62. The van der Waals surface area contributed by atoms with Crippen molar-refractivity contribution < 1.29 is 14.3 Å². The minimum Gasteiger partial charge on any atom is -0.496 e. The Kier molecular flexibility index (Phi) is 7.85. The molecule has 3 heteroatoms. The highest BCUT2D eigenvalue weighted by molar-refractivity contribution is 5.69. The van der Waals surface area contributed by atoms with Crippen LogP contribution in [0.15, 0.2) is 18.2 Å². The second-order valence-electron chi connectivity index (χ2n) is 3.38. The highest BCUT2D eigenvalue weighted by Gasteiger charge is 2.03. The van der Waals surface area contributed by atoms with Crippen molar-refractivity contribution in [3.8, 4) is 5.75 Å². The topological polar surface area (TPSA) is 35.5 Å². The van der Waals surface area contributed by atoms with Gasteiger partial charge in [-0.3, -0.25) is 4.79 Å². The Balaban J connectivity index is 0.00000121. The van der Waals surface area contributed by atoms with Gasteiger partial charge in [-0.25, -0.2) is 0 Å². The standard InChI is InChI=1S/C12H16O3.C2H6/c1-9-8-10(4-6-11(9)14-2)5-7-12(13)15-3;1-2/h4,6,8H,5,7H2,1-3H3;1-2H3. The lowest BCUT2D eigenvalue weighted by Gasteiger charge is -2.06. The maximum atomic E-state index is 10.9. The number of esters is 1. The molecule has 0 fully saturated rings. The third kappa shape index (κ3) is 5.38. The van der Waals surface area contributed by atoms with E-state index < -0.39 is 0 Å². The van der Waals surface area contributed by atoms with Crippen molar-refractivity contribution in [3.63, 3.8) is 0 Å². The number of aryl methyl sites for hydroxylation is 2. The van der Waals surface area contributed by atoms with Crippen LogP contribution in [-0.2, 0) is 16.0 Å². The van der Waals surface area contributed by atoms with Gasteiger partial charge in [-0.1, -0.05) is 26.0 Å². The van der Waals surface area contributed by atoms with E-state index in [1.807, 2.05) is 39.0 Å². The highest BCUT2D eigenvalue weighted by Crippen LogP contribution is 2.19. The Morgan fingerprint density at radius 3 is 2.35 bits per heavy atom. The molecular formula is C14H22O3. The summed E-state index contributed by atoms with van der Waals surface area (Å²) in [6.45, 7) is 5.99. The van der Waals surface area contributed by atoms with Crippen LogP contribution >= 0.6 is 0 Å². The molecule has 3 nitrogen and oxygen atoms in total. The molecule has 0 saturated carbocycles. The van der Waals surface area contributed by atoms with E-state index in [2.05, 4.69) is 4.74 Å². The number of benzene rings is 1. The lowest BCUT2D eigenvalue weighted by atomic mass is 10.1. The number of ether oxygens (including phenoxy) is 2. The summed E-state index contributed by atoms with van der Waals surface area (Å²) in [5.41, 5.74) is 2.21. The molecule has 0 heterocycles. The number of rotatable bonds is 4. The van der Waals surface area contributed by atoms with E-state index in [9.17, 15) is 4.79 Å². The van der Waals surface area contributed by atoms with Crippen LogP contribution in [0.5, 0.6) is 5.75 Å². The molecule has 0 amide bonds. The summed E-state index contributed by atoms with van der Waals surface area (Å²) in [5, 5.41) is 0. The summed E-state index contributed by atoms with van der Waals surface area (Å²) in [7, 11) is 3.05. The summed E-state index contributed by atoms with van der Waals surface area (Å²) in [4.78, 5) is 10.9. The van der Waals surface area contributed by atoms with Crippen molar-refractivity contribution in [1.29, 1.82) is 0 Å². The Morgan fingerprint density at radius 2 is 1.88 bits per heavy atom. The number of carbonyl (C=O) groups excluding carboxylic acids is 1. The summed E-state index contributed by atoms with van der Waals surface area (Å²) < 4.78 is 9.74. The molecule has 0 spiro atoms. The number of methoxy groups -OCH3 is 2. The quantitative estimate of drug-likeness (QED) is 0.756. The Labute approximate surface area is 104 Å². The third-order valence-electron chi connectivity index (χ3n) is 2.30. The monoisotopic (exact) mass is 238 g/mol. The van der Waals surface area contributed by atoms with E-state index in [4.69, 9.17) is 4.74 Å². The number of carbonyl (C=O) groups is 1. The minimum atomic E-state index is -0.177. The van der Waals surface area contributed by atoms with Gasteiger partial charge in [0, 0.05) is 6.42 Å². The van der Waals surface area contributed by atoms with E-state index in [1.165, 1.54) is 7.11 Å². The van der Waals surface area contributed by atoms with Gasteiger partial charge in [-0.05, 0) is 30.5 Å². The van der Waals surface area contributed by atoms with Crippen molar-refractivity contribution >= 4 is 5.97 Å². The zero-order valence-corrected chi connectivity index (χ0v) is 11.4. The third-order valence-corrected chi connectivity index (χ3v) is 2.30. The zero-order valence-electron chi connectivity index (χ0n) is 11.4. The minimum absolute atomic E-state index is 0.177. The summed E-state index contributed by atoms with van der Waals surface area (Å²) in [6.07, 6.45) is 1.12. The van der Waals surface area contributed by atoms with Gasteiger partial charge in [-0.2, -0.15) is 0 Å². The van der Waals surface area contributed by atoms with Crippen LogP contribution in [0, 0.1) is 6.92 Å². The maximum Gasteiger partial charge on any atom is 0.305 e. The van der Waals surface area contributed by atoms with Crippen molar-refractivity contribution in [2.24, 2.45) is 0 Å². The van der Waals surface area contributed by atoms with Gasteiger partial charge >= 0.3 is 5.97 Å². The first-order valence-corrected chi connectivity index (χ1v) is 5.87. The van der Waals surface area contributed by atoms with E-state index in [1.54, 1.807) is 7.11 Å². The van der Waals surface area contributed by atoms with Crippen molar-refractivity contribution in [2.45, 2.75) is 33.6 Å². The van der Waals surface area contributed by atoms with Crippen molar-refractivity contribution in [1.82, 2.24) is 0 Å².